The Labute approximate surface area is 106 Å². The van der Waals surface area contributed by atoms with E-state index in [1.165, 1.54) is 11.3 Å². The molecule has 0 bridgehead atoms. The van der Waals surface area contributed by atoms with E-state index in [-0.39, 0.29) is 17.4 Å². The van der Waals surface area contributed by atoms with Crippen molar-refractivity contribution in [3.63, 3.8) is 0 Å². The molecule has 1 aliphatic carbocycles. The second-order valence-corrected chi connectivity index (χ2v) is 5.67. The van der Waals surface area contributed by atoms with Gasteiger partial charge in [-0.2, -0.15) is 5.10 Å². The number of carbonyl (C=O) groups is 1. The lowest BCUT2D eigenvalue weighted by molar-refractivity contribution is -0.122. The minimum Gasteiger partial charge on any atom is -0.379 e. The molecule has 2 heterocycles. The number of ether oxygens (including phenoxy) is 1. The second-order valence-electron chi connectivity index (χ2n) is 5.67. The Morgan fingerprint density at radius 3 is 3.17 bits per heavy atom. The number of hydrogen-bond acceptors (Lipinski definition) is 3. The summed E-state index contributed by atoms with van der Waals surface area (Å²) in [5.41, 5.74) is 7.82. The van der Waals surface area contributed by atoms with Crippen molar-refractivity contribution in [2.45, 2.75) is 38.1 Å². The number of primary amides is 1. The Kier molecular flexibility index (Phi) is 2.66. The number of aryl methyl sites for hydroxylation is 1. The van der Waals surface area contributed by atoms with Gasteiger partial charge < -0.3 is 10.5 Å². The highest BCUT2D eigenvalue weighted by atomic mass is 16.5. The molecule has 0 aromatic carbocycles. The summed E-state index contributed by atoms with van der Waals surface area (Å²) in [7, 11) is 0. The minimum absolute atomic E-state index is 0.0427. The molecular formula is C13H19N3O2. The molecule has 1 aliphatic heterocycles. The first-order valence-corrected chi connectivity index (χ1v) is 6.53. The number of carbonyl (C=O) groups excluding carboxylic acids is 1. The molecule has 2 aliphatic rings. The zero-order chi connectivity index (χ0) is 12.8. The Bertz CT molecular complexity index is 475. The maximum absolute atomic E-state index is 11.4. The highest BCUT2D eigenvalue weighted by Gasteiger charge is 2.36. The lowest BCUT2D eigenvalue weighted by Gasteiger charge is -2.28. The fourth-order valence-corrected chi connectivity index (χ4v) is 3.03. The zero-order valence-electron chi connectivity index (χ0n) is 10.7. The average Bonchev–Trinajstić information content (AvgIpc) is 2.94. The van der Waals surface area contributed by atoms with Crippen LogP contribution in [0.4, 0.5) is 0 Å². The van der Waals surface area contributed by atoms with Gasteiger partial charge in [-0.15, -0.1) is 0 Å². The van der Waals surface area contributed by atoms with E-state index in [9.17, 15) is 4.79 Å². The summed E-state index contributed by atoms with van der Waals surface area (Å²) >= 11 is 0. The third-order valence-corrected chi connectivity index (χ3v) is 4.27. The standard InChI is InChI=1S/C13H19N3O2/c1-13(4-5-18-8-13)16-11-6-9(12(14)17)2-3-10(11)7-15-16/h7,9H,2-6,8H2,1H3,(H2,14,17)/t9?,13-/m1/s1. The predicted molar refractivity (Wildman–Crippen MR) is 66.0 cm³/mol. The van der Waals surface area contributed by atoms with Crippen molar-refractivity contribution in [2.75, 3.05) is 13.2 Å². The van der Waals surface area contributed by atoms with Crippen molar-refractivity contribution in [1.82, 2.24) is 9.78 Å². The molecule has 18 heavy (non-hydrogen) atoms. The fraction of sp³-hybridized carbons (Fsp3) is 0.692. The first kappa shape index (κ1) is 11.7. The van der Waals surface area contributed by atoms with E-state index in [0.29, 0.717) is 6.61 Å². The van der Waals surface area contributed by atoms with Crippen molar-refractivity contribution in [3.05, 3.63) is 17.5 Å². The highest BCUT2D eigenvalue weighted by Crippen LogP contribution is 2.33. The second kappa shape index (κ2) is 4.09. The number of nitrogens with two attached hydrogens (primary N) is 1. The maximum atomic E-state index is 11.4. The summed E-state index contributed by atoms with van der Waals surface area (Å²) in [5, 5.41) is 4.53. The highest BCUT2D eigenvalue weighted by molar-refractivity contribution is 5.77. The molecule has 3 rings (SSSR count). The summed E-state index contributed by atoms with van der Waals surface area (Å²) < 4.78 is 7.57. The van der Waals surface area contributed by atoms with E-state index in [0.717, 1.165) is 32.3 Å². The monoisotopic (exact) mass is 249 g/mol. The Morgan fingerprint density at radius 2 is 2.50 bits per heavy atom. The summed E-state index contributed by atoms with van der Waals surface area (Å²) in [5.74, 6) is -0.236. The molecule has 2 N–H and O–H groups in total. The molecule has 1 unspecified atom stereocenters. The van der Waals surface area contributed by atoms with Crippen LogP contribution in [0.25, 0.3) is 0 Å². The molecule has 5 heteroatoms. The first-order chi connectivity index (χ1) is 8.60. The molecule has 0 saturated carbocycles. The molecule has 5 nitrogen and oxygen atoms in total. The van der Waals surface area contributed by atoms with Crippen LogP contribution in [0.3, 0.4) is 0 Å². The lowest BCUT2D eigenvalue weighted by atomic mass is 9.86. The molecule has 1 aromatic heterocycles. The van der Waals surface area contributed by atoms with Gasteiger partial charge in [0, 0.05) is 24.6 Å². The van der Waals surface area contributed by atoms with Gasteiger partial charge in [0.15, 0.2) is 0 Å². The third-order valence-electron chi connectivity index (χ3n) is 4.27. The van der Waals surface area contributed by atoms with Crippen LogP contribution in [0.2, 0.25) is 0 Å². The molecule has 98 valence electrons. The number of amides is 1. The molecule has 0 radical (unpaired) electrons. The van der Waals surface area contributed by atoms with Gasteiger partial charge in [-0.3, -0.25) is 9.48 Å². The number of hydrogen-bond donors (Lipinski definition) is 1. The topological polar surface area (TPSA) is 70.1 Å². The fourth-order valence-electron chi connectivity index (χ4n) is 3.03. The van der Waals surface area contributed by atoms with Crippen molar-refractivity contribution >= 4 is 5.91 Å². The van der Waals surface area contributed by atoms with Crippen LogP contribution in [0, 0.1) is 5.92 Å². The van der Waals surface area contributed by atoms with Crippen LogP contribution in [-0.4, -0.2) is 28.9 Å². The van der Waals surface area contributed by atoms with Crippen molar-refractivity contribution in [2.24, 2.45) is 11.7 Å². The Balaban J connectivity index is 1.94. The van der Waals surface area contributed by atoms with E-state index in [4.69, 9.17) is 10.5 Å². The summed E-state index contributed by atoms with van der Waals surface area (Å²) in [6, 6.07) is 0. The van der Waals surface area contributed by atoms with Gasteiger partial charge in [-0.25, -0.2) is 0 Å². The SMILES string of the molecule is C[C@@]1(n2ncc3c2CC(C(N)=O)CC3)CCOC1. The van der Waals surface area contributed by atoms with Gasteiger partial charge in [-0.05, 0) is 31.7 Å². The third kappa shape index (κ3) is 1.73. The summed E-state index contributed by atoms with van der Waals surface area (Å²) in [4.78, 5) is 11.4. The van der Waals surface area contributed by atoms with Gasteiger partial charge >= 0.3 is 0 Å². The smallest absolute Gasteiger partial charge is 0.220 e. The van der Waals surface area contributed by atoms with Crippen LogP contribution in [-0.2, 0) is 27.9 Å². The van der Waals surface area contributed by atoms with E-state index in [1.807, 2.05) is 6.20 Å². The predicted octanol–water partition coefficient (Wildman–Crippen LogP) is 0.609. The van der Waals surface area contributed by atoms with Crippen LogP contribution >= 0.6 is 0 Å². The number of rotatable bonds is 2. The van der Waals surface area contributed by atoms with Crippen molar-refractivity contribution in [3.8, 4) is 0 Å². The summed E-state index contributed by atoms with van der Waals surface area (Å²) in [6.07, 6.45) is 5.39. The largest absolute Gasteiger partial charge is 0.379 e. The van der Waals surface area contributed by atoms with Crippen LogP contribution in [0.5, 0.6) is 0 Å². The maximum Gasteiger partial charge on any atom is 0.220 e. The Morgan fingerprint density at radius 1 is 1.67 bits per heavy atom. The van der Waals surface area contributed by atoms with E-state index in [1.54, 1.807) is 0 Å². The summed E-state index contributed by atoms with van der Waals surface area (Å²) in [6.45, 7) is 3.65. The quantitative estimate of drug-likeness (QED) is 0.834. The normalized spacial score (nSPS) is 31.3. The minimum atomic E-state index is -0.193. The average molecular weight is 249 g/mol. The van der Waals surface area contributed by atoms with Crippen LogP contribution < -0.4 is 5.73 Å². The molecule has 1 aromatic rings. The van der Waals surface area contributed by atoms with Gasteiger partial charge in [-0.1, -0.05) is 0 Å². The molecule has 2 atom stereocenters. The van der Waals surface area contributed by atoms with E-state index >= 15 is 0 Å². The van der Waals surface area contributed by atoms with Gasteiger partial charge in [0.25, 0.3) is 0 Å². The van der Waals surface area contributed by atoms with Crippen LogP contribution in [0.15, 0.2) is 6.20 Å². The zero-order valence-corrected chi connectivity index (χ0v) is 10.7. The first-order valence-electron chi connectivity index (χ1n) is 6.53. The van der Waals surface area contributed by atoms with Crippen LogP contribution in [0.1, 0.15) is 31.0 Å². The Hall–Kier alpha value is -1.36. The van der Waals surface area contributed by atoms with Gasteiger partial charge in [0.05, 0.1) is 18.3 Å². The number of fused-ring (bicyclic) bond motifs is 1. The van der Waals surface area contributed by atoms with E-state index < -0.39 is 0 Å². The van der Waals surface area contributed by atoms with Gasteiger partial charge in [0.2, 0.25) is 5.91 Å². The van der Waals surface area contributed by atoms with E-state index in [2.05, 4.69) is 16.7 Å². The number of nitrogens with zero attached hydrogens (tertiary/aromatic N) is 2. The molecule has 0 spiro atoms. The molecular weight excluding hydrogens is 230 g/mol. The van der Waals surface area contributed by atoms with Crippen molar-refractivity contribution in [1.29, 1.82) is 0 Å². The van der Waals surface area contributed by atoms with Crippen molar-refractivity contribution < 1.29 is 9.53 Å². The van der Waals surface area contributed by atoms with Gasteiger partial charge in [0.1, 0.15) is 0 Å². The molecule has 1 saturated heterocycles. The number of aromatic nitrogens is 2. The molecule has 1 fully saturated rings. The lowest BCUT2D eigenvalue weighted by Crippen LogP contribution is -2.36. The molecule has 1 amide bonds.